The molecule has 20 heavy (non-hydrogen) atoms. The Balaban J connectivity index is 2.33. The van der Waals surface area contributed by atoms with Crippen LogP contribution in [0.25, 0.3) is 10.8 Å². The summed E-state index contributed by atoms with van der Waals surface area (Å²) in [5.74, 6) is 0.381. The molecule has 0 aliphatic carbocycles. The zero-order valence-electron chi connectivity index (χ0n) is 12.0. The van der Waals surface area contributed by atoms with E-state index < -0.39 is 0 Å². The van der Waals surface area contributed by atoms with E-state index in [1.54, 1.807) is 6.20 Å². The first-order valence-electron chi connectivity index (χ1n) is 7.11. The number of nitrogen functional groups attached to an aromatic ring is 1. The fourth-order valence-electron chi connectivity index (χ4n) is 2.39. The van der Waals surface area contributed by atoms with Crippen molar-refractivity contribution in [1.29, 1.82) is 0 Å². The highest BCUT2D eigenvalue weighted by atomic mass is 16.1. The van der Waals surface area contributed by atoms with Crippen LogP contribution in [0.1, 0.15) is 43.5 Å². The highest BCUT2D eigenvalue weighted by Crippen LogP contribution is 2.22. The summed E-state index contributed by atoms with van der Waals surface area (Å²) in [4.78, 5) is 16.5. The molecule has 0 aliphatic heterocycles. The van der Waals surface area contributed by atoms with Crippen molar-refractivity contribution in [3.63, 3.8) is 0 Å². The summed E-state index contributed by atoms with van der Waals surface area (Å²) >= 11 is 0. The summed E-state index contributed by atoms with van der Waals surface area (Å²) in [5, 5.41) is 4.75. The lowest BCUT2D eigenvalue weighted by Gasteiger charge is -2.17. The van der Waals surface area contributed by atoms with Gasteiger partial charge in [0.15, 0.2) is 0 Å². The van der Waals surface area contributed by atoms with Crippen molar-refractivity contribution in [3.05, 3.63) is 36.0 Å². The van der Waals surface area contributed by atoms with Crippen molar-refractivity contribution in [2.24, 2.45) is 0 Å². The molecular formula is C16H21N3O. The van der Waals surface area contributed by atoms with Gasteiger partial charge < -0.3 is 11.1 Å². The minimum absolute atomic E-state index is 0.0750. The fourth-order valence-corrected chi connectivity index (χ4v) is 2.39. The van der Waals surface area contributed by atoms with E-state index in [9.17, 15) is 4.79 Å². The fraction of sp³-hybridized carbons (Fsp3) is 0.375. The smallest absolute Gasteiger partial charge is 0.253 e. The first kappa shape index (κ1) is 14.3. The van der Waals surface area contributed by atoms with Crippen LogP contribution >= 0.6 is 0 Å². The topological polar surface area (TPSA) is 68.0 Å². The molecule has 0 bridgehead atoms. The van der Waals surface area contributed by atoms with Gasteiger partial charge in [-0.1, -0.05) is 44.5 Å². The van der Waals surface area contributed by atoms with E-state index in [4.69, 9.17) is 5.73 Å². The molecule has 1 aromatic heterocycles. The largest absolute Gasteiger partial charge is 0.383 e. The number of amides is 1. The summed E-state index contributed by atoms with van der Waals surface area (Å²) in [6.45, 7) is 4.20. The maximum Gasteiger partial charge on any atom is 0.253 e. The van der Waals surface area contributed by atoms with Crippen molar-refractivity contribution in [2.75, 3.05) is 5.73 Å². The molecule has 106 valence electrons. The molecule has 4 heteroatoms. The Morgan fingerprint density at radius 1 is 1.30 bits per heavy atom. The molecule has 1 unspecified atom stereocenters. The standard InChI is InChI=1S/C16H21N3O/c1-3-7-11(4-2)19-16(20)14-10-18-15(17)13-9-6-5-8-12(13)14/h5-6,8-11H,3-4,7H2,1-2H3,(H2,17,18)(H,19,20). The van der Waals surface area contributed by atoms with Gasteiger partial charge in [-0.3, -0.25) is 4.79 Å². The van der Waals surface area contributed by atoms with Crippen LogP contribution in [0.5, 0.6) is 0 Å². The summed E-state index contributed by atoms with van der Waals surface area (Å²) in [7, 11) is 0. The van der Waals surface area contributed by atoms with E-state index in [1.807, 2.05) is 24.3 Å². The minimum atomic E-state index is -0.0750. The predicted molar refractivity (Wildman–Crippen MR) is 82.6 cm³/mol. The number of benzene rings is 1. The van der Waals surface area contributed by atoms with E-state index in [-0.39, 0.29) is 11.9 Å². The van der Waals surface area contributed by atoms with Gasteiger partial charge >= 0.3 is 0 Å². The Morgan fingerprint density at radius 2 is 2.00 bits per heavy atom. The van der Waals surface area contributed by atoms with Gasteiger partial charge in [0.1, 0.15) is 5.82 Å². The van der Waals surface area contributed by atoms with Gasteiger partial charge in [-0.05, 0) is 18.2 Å². The highest BCUT2D eigenvalue weighted by molar-refractivity contribution is 6.09. The van der Waals surface area contributed by atoms with Crippen LogP contribution in [0.15, 0.2) is 30.5 Å². The van der Waals surface area contributed by atoms with E-state index in [1.165, 1.54) is 0 Å². The van der Waals surface area contributed by atoms with E-state index in [0.29, 0.717) is 11.4 Å². The molecular weight excluding hydrogens is 250 g/mol. The number of anilines is 1. The average Bonchev–Trinajstić information content (AvgIpc) is 2.47. The lowest BCUT2D eigenvalue weighted by molar-refractivity contribution is 0.0935. The number of carbonyl (C=O) groups is 1. The molecule has 1 amide bonds. The number of carbonyl (C=O) groups excluding carboxylic acids is 1. The summed E-state index contributed by atoms with van der Waals surface area (Å²) in [6.07, 6.45) is 4.54. The van der Waals surface area contributed by atoms with E-state index in [2.05, 4.69) is 24.1 Å². The number of hydrogen-bond acceptors (Lipinski definition) is 3. The zero-order valence-corrected chi connectivity index (χ0v) is 12.0. The van der Waals surface area contributed by atoms with Gasteiger partial charge in [-0.2, -0.15) is 0 Å². The molecule has 3 N–H and O–H groups in total. The van der Waals surface area contributed by atoms with Crippen LogP contribution < -0.4 is 11.1 Å². The second-order valence-corrected chi connectivity index (χ2v) is 4.97. The maximum atomic E-state index is 12.4. The minimum Gasteiger partial charge on any atom is -0.383 e. The molecule has 0 saturated carbocycles. The van der Waals surface area contributed by atoms with Gasteiger partial charge in [-0.25, -0.2) is 4.98 Å². The first-order valence-corrected chi connectivity index (χ1v) is 7.11. The monoisotopic (exact) mass is 271 g/mol. The van der Waals surface area contributed by atoms with Crippen LogP contribution in [-0.4, -0.2) is 16.9 Å². The molecule has 2 aromatic rings. The third-order valence-corrected chi connectivity index (χ3v) is 3.54. The third kappa shape index (κ3) is 2.90. The maximum absolute atomic E-state index is 12.4. The molecule has 0 saturated heterocycles. The Morgan fingerprint density at radius 3 is 2.65 bits per heavy atom. The average molecular weight is 271 g/mol. The number of nitrogens with zero attached hydrogens (tertiary/aromatic N) is 1. The molecule has 0 aliphatic rings. The molecule has 0 radical (unpaired) electrons. The van der Waals surface area contributed by atoms with Crippen LogP contribution in [0.2, 0.25) is 0 Å². The van der Waals surface area contributed by atoms with Crippen LogP contribution in [0.4, 0.5) is 5.82 Å². The lowest BCUT2D eigenvalue weighted by Crippen LogP contribution is -2.34. The van der Waals surface area contributed by atoms with Gasteiger partial charge in [0.2, 0.25) is 0 Å². The molecule has 4 nitrogen and oxygen atoms in total. The highest BCUT2D eigenvalue weighted by Gasteiger charge is 2.15. The van der Waals surface area contributed by atoms with E-state index >= 15 is 0 Å². The van der Waals surface area contributed by atoms with Crippen molar-refractivity contribution in [1.82, 2.24) is 10.3 Å². The van der Waals surface area contributed by atoms with Crippen LogP contribution in [0, 0.1) is 0 Å². The van der Waals surface area contributed by atoms with Gasteiger partial charge in [0.25, 0.3) is 5.91 Å². The quantitative estimate of drug-likeness (QED) is 0.878. The Labute approximate surface area is 119 Å². The summed E-state index contributed by atoms with van der Waals surface area (Å²) < 4.78 is 0. The predicted octanol–water partition coefficient (Wildman–Crippen LogP) is 3.13. The molecule has 1 atom stereocenters. The van der Waals surface area contributed by atoms with Gasteiger partial charge in [0, 0.05) is 17.6 Å². The second-order valence-electron chi connectivity index (χ2n) is 4.97. The SMILES string of the molecule is CCCC(CC)NC(=O)c1cnc(N)c2ccccc12. The number of hydrogen-bond donors (Lipinski definition) is 2. The number of nitrogens with two attached hydrogens (primary N) is 1. The lowest BCUT2D eigenvalue weighted by atomic mass is 10.0. The second kappa shape index (κ2) is 6.37. The van der Waals surface area contributed by atoms with Crippen molar-refractivity contribution in [2.45, 2.75) is 39.2 Å². The molecule has 0 fully saturated rings. The van der Waals surface area contributed by atoms with Crippen LogP contribution in [-0.2, 0) is 0 Å². The summed E-state index contributed by atoms with van der Waals surface area (Å²) in [6, 6.07) is 7.81. The van der Waals surface area contributed by atoms with Crippen molar-refractivity contribution < 1.29 is 4.79 Å². The number of fused-ring (bicyclic) bond motifs is 1. The number of nitrogens with one attached hydrogen (secondary N) is 1. The Hall–Kier alpha value is -2.10. The Bertz CT molecular complexity index is 610. The number of aromatic nitrogens is 1. The van der Waals surface area contributed by atoms with Crippen molar-refractivity contribution >= 4 is 22.5 Å². The summed E-state index contributed by atoms with van der Waals surface area (Å²) in [5.41, 5.74) is 6.44. The molecule has 1 aromatic carbocycles. The number of rotatable bonds is 5. The molecule has 1 heterocycles. The normalized spacial score (nSPS) is 12.3. The molecule has 0 spiro atoms. The third-order valence-electron chi connectivity index (χ3n) is 3.54. The van der Waals surface area contributed by atoms with Crippen molar-refractivity contribution in [3.8, 4) is 0 Å². The van der Waals surface area contributed by atoms with Gasteiger partial charge in [-0.15, -0.1) is 0 Å². The van der Waals surface area contributed by atoms with Gasteiger partial charge in [0.05, 0.1) is 5.56 Å². The Kier molecular flexibility index (Phi) is 4.56. The first-order chi connectivity index (χ1) is 9.67. The van der Waals surface area contributed by atoms with Crippen LogP contribution in [0.3, 0.4) is 0 Å². The van der Waals surface area contributed by atoms with E-state index in [0.717, 1.165) is 30.0 Å². The molecule has 2 rings (SSSR count). The zero-order chi connectivity index (χ0) is 14.5. The number of pyridine rings is 1.